The Bertz CT molecular complexity index is 1150. The van der Waals surface area contributed by atoms with Gasteiger partial charge in [0.1, 0.15) is 5.60 Å². The average molecular weight is 473 g/mol. The van der Waals surface area contributed by atoms with Crippen LogP contribution in [0.4, 0.5) is 4.79 Å². The van der Waals surface area contributed by atoms with Crippen molar-refractivity contribution in [3.63, 3.8) is 0 Å². The summed E-state index contributed by atoms with van der Waals surface area (Å²) in [5.74, 6) is 0. The molecule has 0 saturated carbocycles. The van der Waals surface area contributed by atoms with Crippen molar-refractivity contribution in [1.29, 1.82) is 0 Å². The second-order valence-corrected chi connectivity index (χ2v) is 10.3. The van der Waals surface area contributed by atoms with Crippen LogP contribution < -0.4 is 0 Å². The fraction of sp³-hybridized carbons (Fsp3) is 0.400. The van der Waals surface area contributed by atoms with E-state index in [1.165, 1.54) is 0 Å². The van der Waals surface area contributed by atoms with Crippen LogP contribution in [0.3, 0.4) is 0 Å². The van der Waals surface area contributed by atoms with Gasteiger partial charge in [-0.2, -0.15) is 0 Å². The molecule has 0 spiro atoms. The normalized spacial score (nSPS) is 19.4. The zero-order valence-corrected chi connectivity index (χ0v) is 21.4. The molecule has 5 heteroatoms. The van der Waals surface area contributed by atoms with Crippen LogP contribution in [0.25, 0.3) is 11.1 Å². The number of ether oxygens (including phenoxy) is 1. The molecule has 0 aliphatic carbocycles. The Morgan fingerprint density at radius 3 is 2.20 bits per heavy atom. The van der Waals surface area contributed by atoms with Crippen molar-refractivity contribution in [3.05, 3.63) is 89.2 Å². The lowest BCUT2D eigenvalue weighted by atomic mass is 9.80. The number of benzene rings is 2. The predicted octanol–water partition coefficient (Wildman–Crippen LogP) is 6.72. The molecule has 2 atom stereocenters. The number of hydrogen-bond donors (Lipinski definition) is 1. The van der Waals surface area contributed by atoms with Crippen LogP contribution in [0.1, 0.15) is 68.6 Å². The van der Waals surface area contributed by atoms with Crippen molar-refractivity contribution < 1.29 is 14.6 Å². The minimum atomic E-state index is -0.970. The van der Waals surface area contributed by atoms with Gasteiger partial charge in [0.25, 0.3) is 0 Å². The summed E-state index contributed by atoms with van der Waals surface area (Å²) >= 11 is 0. The molecule has 2 heterocycles. The molecule has 0 unspecified atom stereocenters. The van der Waals surface area contributed by atoms with E-state index in [2.05, 4.69) is 48.3 Å². The predicted molar refractivity (Wildman–Crippen MR) is 139 cm³/mol. The lowest BCUT2D eigenvalue weighted by Crippen LogP contribution is -2.51. The number of nitrogens with zero attached hydrogens (tertiary/aromatic N) is 2. The molecule has 0 radical (unpaired) electrons. The highest BCUT2D eigenvalue weighted by atomic mass is 16.6. The summed E-state index contributed by atoms with van der Waals surface area (Å²) in [5, 5.41) is 10.6. The number of cyclic esters (lactones) is 1. The Kier molecular flexibility index (Phi) is 7.00. The van der Waals surface area contributed by atoms with Crippen LogP contribution >= 0.6 is 0 Å². The number of rotatable bonds is 7. The van der Waals surface area contributed by atoms with E-state index in [-0.39, 0.29) is 12.1 Å². The van der Waals surface area contributed by atoms with Gasteiger partial charge in [0.05, 0.1) is 11.6 Å². The van der Waals surface area contributed by atoms with Gasteiger partial charge in [-0.3, -0.25) is 4.98 Å². The first-order chi connectivity index (χ1) is 16.6. The molecular weight excluding hydrogens is 436 g/mol. The van der Waals surface area contributed by atoms with Gasteiger partial charge < -0.3 is 14.7 Å². The highest BCUT2D eigenvalue weighted by molar-refractivity contribution is 5.70. The number of aryl methyl sites for hydroxylation is 2. The lowest BCUT2D eigenvalue weighted by molar-refractivity contribution is -0.102. The Balaban J connectivity index is 1.57. The topological polar surface area (TPSA) is 62.7 Å². The number of pyridine rings is 1. The summed E-state index contributed by atoms with van der Waals surface area (Å²) in [6.07, 6.45) is 1.42. The van der Waals surface area contributed by atoms with Gasteiger partial charge >= 0.3 is 6.09 Å². The number of aliphatic hydroxyl groups is 1. The summed E-state index contributed by atoms with van der Waals surface area (Å²) in [5.41, 5.74) is 4.48. The summed E-state index contributed by atoms with van der Waals surface area (Å²) in [4.78, 5) is 19.7. The van der Waals surface area contributed by atoms with Gasteiger partial charge in [-0.05, 0) is 68.5 Å². The second-order valence-electron chi connectivity index (χ2n) is 10.3. The highest BCUT2D eigenvalue weighted by Gasteiger charge is 2.46. The fourth-order valence-corrected chi connectivity index (χ4v) is 5.36. The maximum absolute atomic E-state index is 13.4. The van der Waals surface area contributed by atoms with Crippen LogP contribution in [0.5, 0.6) is 0 Å². The molecule has 3 aromatic rings. The van der Waals surface area contributed by atoms with Crippen molar-refractivity contribution >= 4 is 6.09 Å². The van der Waals surface area contributed by atoms with Crippen molar-refractivity contribution in [2.75, 3.05) is 6.54 Å². The van der Waals surface area contributed by atoms with Crippen LogP contribution in [0.2, 0.25) is 0 Å². The average Bonchev–Trinajstić information content (AvgIpc) is 2.80. The SMILES string of the molecule is CC[C@@H](c1ccc(-c2cc(C)nc(C)c2)cc1)N1CC[C@](CC(C)(C)O)(c2ccccc2)OC1=O. The molecule has 5 nitrogen and oxygen atoms in total. The molecule has 35 heavy (non-hydrogen) atoms. The minimum absolute atomic E-state index is 0.0756. The van der Waals surface area contributed by atoms with Crippen LogP contribution in [-0.2, 0) is 10.3 Å². The van der Waals surface area contributed by atoms with Gasteiger partial charge in [0, 0.05) is 30.8 Å². The molecule has 184 valence electrons. The summed E-state index contributed by atoms with van der Waals surface area (Å²) < 4.78 is 6.19. The maximum atomic E-state index is 13.4. The Hall–Kier alpha value is -3.18. The molecular formula is C30H36N2O3. The monoisotopic (exact) mass is 472 g/mol. The van der Waals surface area contributed by atoms with E-state index in [0.29, 0.717) is 19.4 Å². The van der Waals surface area contributed by atoms with E-state index >= 15 is 0 Å². The largest absolute Gasteiger partial charge is 0.438 e. The number of hydrogen-bond acceptors (Lipinski definition) is 4. The van der Waals surface area contributed by atoms with E-state index < -0.39 is 11.2 Å². The third-order valence-electron chi connectivity index (χ3n) is 6.76. The third-order valence-corrected chi connectivity index (χ3v) is 6.76. The van der Waals surface area contributed by atoms with E-state index in [9.17, 15) is 9.90 Å². The van der Waals surface area contributed by atoms with Gasteiger partial charge in [0.2, 0.25) is 0 Å². The number of carbonyl (C=O) groups excluding carboxylic acids is 1. The molecule has 1 aromatic heterocycles. The molecule has 2 aromatic carbocycles. The fourth-order valence-electron chi connectivity index (χ4n) is 5.36. The molecule has 1 aliphatic heterocycles. The first-order valence-corrected chi connectivity index (χ1v) is 12.4. The Morgan fingerprint density at radius 1 is 1.03 bits per heavy atom. The van der Waals surface area contributed by atoms with Crippen molar-refractivity contribution in [2.24, 2.45) is 0 Å². The van der Waals surface area contributed by atoms with Crippen LogP contribution in [0.15, 0.2) is 66.7 Å². The van der Waals surface area contributed by atoms with Crippen molar-refractivity contribution in [2.45, 2.75) is 71.1 Å². The molecule has 1 fully saturated rings. The first kappa shape index (κ1) is 24.9. The Morgan fingerprint density at radius 2 is 1.66 bits per heavy atom. The number of amides is 1. The smallest absolute Gasteiger partial charge is 0.411 e. The quantitative estimate of drug-likeness (QED) is 0.415. The van der Waals surface area contributed by atoms with Gasteiger partial charge in [-0.25, -0.2) is 4.79 Å². The first-order valence-electron chi connectivity index (χ1n) is 12.4. The van der Waals surface area contributed by atoms with E-state index in [1.807, 2.05) is 49.1 Å². The molecule has 4 rings (SSSR count). The van der Waals surface area contributed by atoms with E-state index in [1.54, 1.807) is 13.8 Å². The summed E-state index contributed by atoms with van der Waals surface area (Å²) in [6.45, 7) is 10.2. The van der Waals surface area contributed by atoms with Crippen LogP contribution in [-0.4, -0.2) is 33.2 Å². The molecule has 1 aliphatic rings. The Labute approximate surface area is 208 Å². The van der Waals surface area contributed by atoms with Crippen molar-refractivity contribution in [1.82, 2.24) is 9.88 Å². The molecule has 1 amide bonds. The van der Waals surface area contributed by atoms with Crippen molar-refractivity contribution in [3.8, 4) is 11.1 Å². The summed E-state index contributed by atoms with van der Waals surface area (Å²) in [7, 11) is 0. The third kappa shape index (κ3) is 5.57. The molecule has 1 saturated heterocycles. The minimum Gasteiger partial charge on any atom is -0.438 e. The summed E-state index contributed by atoms with van der Waals surface area (Å²) in [6, 6.07) is 22.4. The van der Waals surface area contributed by atoms with Crippen LogP contribution in [0, 0.1) is 13.8 Å². The standard InChI is InChI=1S/C30H36N2O3/c1-6-27(24-14-12-23(13-15-24)25-18-21(2)31-22(3)19-25)32-17-16-30(35-28(32)33,20-29(4,5)34)26-10-8-7-9-11-26/h7-15,18-19,27,34H,6,16-17,20H2,1-5H3/t27-,30-/m0/s1. The van der Waals surface area contributed by atoms with E-state index in [0.717, 1.165) is 40.1 Å². The second kappa shape index (κ2) is 9.82. The maximum Gasteiger partial charge on any atom is 0.411 e. The lowest BCUT2D eigenvalue weighted by Gasteiger charge is -2.46. The number of carbonyl (C=O) groups is 1. The zero-order valence-electron chi connectivity index (χ0n) is 21.4. The van der Waals surface area contributed by atoms with E-state index in [4.69, 9.17) is 4.74 Å². The highest BCUT2D eigenvalue weighted by Crippen LogP contribution is 2.43. The molecule has 0 bridgehead atoms. The van der Waals surface area contributed by atoms with Gasteiger partial charge in [-0.15, -0.1) is 0 Å². The van der Waals surface area contributed by atoms with Gasteiger partial charge in [0.15, 0.2) is 0 Å². The molecule has 1 N–H and O–H groups in total. The van der Waals surface area contributed by atoms with Gasteiger partial charge in [-0.1, -0.05) is 61.5 Å². The number of aromatic nitrogens is 1. The zero-order chi connectivity index (χ0) is 25.2.